The van der Waals surface area contributed by atoms with Crippen LogP contribution >= 0.6 is 27.5 Å². The van der Waals surface area contributed by atoms with Crippen LogP contribution in [0.1, 0.15) is 11.3 Å². The lowest BCUT2D eigenvalue weighted by Crippen LogP contribution is -2.12. The summed E-state index contributed by atoms with van der Waals surface area (Å²) in [6.45, 7) is 0. The minimum Gasteiger partial charge on any atom is -0.383 e. The lowest BCUT2D eigenvalue weighted by atomic mass is 9.99. The Morgan fingerprint density at radius 1 is 1.00 bits per heavy atom. The van der Waals surface area contributed by atoms with E-state index in [2.05, 4.69) is 31.2 Å². The van der Waals surface area contributed by atoms with Crippen molar-refractivity contribution in [2.45, 2.75) is 12.8 Å². The predicted octanol–water partition coefficient (Wildman–Crippen LogP) is 3.43. The van der Waals surface area contributed by atoms with Crippen molar-refractivity contribution in [1.82, 2.24) is 9.97 Å². The summed E-state index contributed by atoms with van der Waals surface area (Å²) in [7, 11) is -4.67. The molecule has 0 aliphatic heterocycles. The molecule has 10 nitrogen and oxygen atoms in total. The fraction of sp³-hybridized carbons (Fsp3) is 0.150. The highest BCUT2D eigenvalue weighted by atomic mass is 79.9. The van der Waals surface area contributed by atoms with Crippen molar-refractivity contribution >= 4 is 61.3 Å². The molecule has 1 heterocycles. The number of hydrogen-bond acceptors (Lipinski definition) is 7. The van der Waals surface area contributed by atoms with Crippen molar-refractivity contribution in [3.63, 3.8) is 0 Å². The molecule has 13 heteroatoms. The molecule has 0 aliphatic carbocycles. The van der Waals surface area contributed by atoms with Gasteiger partial charge < -0.3 is 16.8 Å². The number of hydrogen-bond donors (Lipinski definition) is 5. The fourth-order valence-electron chi connectivity index (χ4n) is 2.87. The van der Waals surface area contributed by atoms with Crippen molar-refractivity contribution in [2.75, 3.05) is 22.1 Å². The Bertz CT molecular complexity index is 1200. The number of anilines is 3. The quantitative estimate of drug-likeness (QED) is 0.223. The Morgan fingerprint density at radius 3 is 2.12 bits per heavy atom. The first-order valence-corrected chi connectivity index (χ1v) is 12.2. The van der Waals surface area contributed by atoms with Crippen LogP contribution in [0.3, 0.4) is 0 Å². The maximum absolute atomic E-state index is 11.4. The van der Waals surface area contributed by atoms with Gasteiger partial charge in [0.25, 0.3) is 0 Å². The molecule has 3 aromatic rings. The molecule has 1 amide bonds. The van der Waals surface area contributed by atoms with Crippen molar-refractivity contribution in [3.05, 3.63) is 64.8 Å². The van der Waals surface area contributed by atoms with E-state index in [1.54, 1.807) is 12.1 Å². The van der Waals surface area contributed by atoms with Gasteiger partial charge >= 0.3 is 10.4 Å². The van der Waals surface area contributed by atoms with Gasteiger partial charge in [0.05, 0.1) is 11.0 Å². The summed E-state index contributed by atoms with van der Waals surface area (Å²) in [5, 5.41) is 3.70. The third-order valence-electron chi connectivity index (χ3n) is 4.17. The molecule has 0 spiro atoms. The zero-order chi connectivity index (χ0) is 24.6. The average molecular weight is 559 g/mol. The van der Waals surface area contributed by atoms with Gasteiger partial charge in [-0.15, -0.1) is 0 Å². The Balaban J connectivity index is 0.000000696. The summed E-state index contributed by atoms with van der Waals surface area (Å²) < 4.78 is 31.6. The van der Waals surface area contributed by atoms with E-state index in [0.29, 0.717) is 17.3 Å². The van der Waals surface area contributed by atoms with Gasteiger partial charge in [-0.25, -0.2) is 4.98 Å². The zero-order valence-corrected chi connectivity index (χ0v) is 20.2. The van der Waals surface area contributed by atoms with Gasteiger partial charge in [0, 0.05) is 16.3 Å². The van der Waals surface area contributed by atoms with E-state index in [0.717, 1.165) is 34.5 Å². The number of rotatable bonds is 6. The maximum atomic E-state index is 11.4. The maximum Gasteiger partial charge on any atom is 0.394 e. The lowest BCUT2D eigenvalue weighted by molar-refractivity contribution is -0.113. The molecule has 176 valence electrons. The number of halogens is 2. The summed E-state index contributed by atoms with van der Waals surface area (Å²) in [6, 6.07) is 15.1. The number of nitrogens with two attached hydrogens (primary N) is 2. The third kappa shape index (κ3) is 9.32. The molecule has 1 aromatic heterocycles. The number of carbonyl (C=O) groups is 1. The highest BCUT2D eigenvalue weighted by molar-refractivity contribution is 9.09. The van der Waals surface area contributed by atoms with Crippen molar-refractivity contribution in [2.24, 2.45) is 0 Å². The standard InChI is InChI=1S/C20H19BrClN5O.H2O4S/c21-11-17(28)25-15-8-1-12(2-9-15)3-10-16-18(19(23)27-20(24)26-16)13-4-6-14(22)7-5-13;1-5(2,3)4/h1-2,4-9H,3,10-11H2,(H,25,28)(H4,23,24,26,27);(H2,1,2,3,4). The SMILES string of the molecule is Nc1nc(N)c(-c2ccc(Cl)cc2)c(CCc2ccc(NC(=O)CBr)cc2)n1.O=S(=O)(O)O. The first-order valence-electron chi connectivity index (χ1n) is 9.28. The van der Waals surface area contributed by atoms with Crippen LogP contribution in [-0.2, 0) is 28.0 Å². The monoisotopic (exact) mass is 557 g/mol. The van der Waals surface area contributed by atoms with Gasteiger partial charge in [0.2, 0.25) is 11.9 Å². The fourth-order valence-corrected chi connectivity index (χ4v) is 3.14. The van der Waals surface area contributed by atoms with E-state index in [4.69, 9.17) is 40.6 Å². The van der Waals surface area contributed by atoms with Crippen LogP contribution in [0.15, 0.2) is 48.5 Å². The van der Waals surface area contributed by atoms with Gasteiger partial charge in [-0.1, -0.05) is 51.8 Å². The molecule has 0 saturated heterocycles. The molecule has 2 aromatic carbocycles. The Hall–Kier alpha value is -2.77. The van der Waals surface area contributed by atoms with Crippen LogP contribution in [0.4, 0.5) is 17.5 Å². The number of aromatic nitrogens is 2. The lowest BCUT2D eigenvalue weighted by Gasteiger charge is -2.12. The summed E-state index contributed by atoms with van der Waals surface area (Å²) in [6.07, 6.45) is 1.38. The van der Waals surface area contributed by atoms with Crippen LogP contribution < -0.4 is 16.8 Å². The molecule has 0 fully saturated rings. The molecule has 3 rings (SSSR count). The van der Waals surface area contributed by atoms with Crippen LogP contribution in [-0.4, -0.2) is 38.7 Å². The number of alkyl halides is 1. The minimum atomic E-state index is -4.67. The normalized spacial score (nSPS) is 10.8. The highest BCUT2D eigenvalue weighted by Gasteiger charge is 2.14. The Morgan fingerprint density at radius 2 is 1.58 bits per heavy atom. The molecule has 0 aliphatic rings. The van der Waals surface area contributed by atoms with Gasteiger partial charge in [-0.05, 0) is 48.2 Å². The summed E-state index contributed by atoms with van der Waals surface area (Å²) in [5.41, 5.74) is 16.3. The number of nitrogens with zero attached hydrogens (tertiary/aromatic N) is 2. The number of nitrogens with one attached hydrogen (secondary N) is 1. The van der Waals surface area contributed by atoms with E-state index in [-0.39, 0.29) is 17.2 Å². The molecule has 7 N–H and O–H groups in total. The van der Waals surface area contributed by atoms with E-state index in [9.17, 15) is 4.79 Å². The molecule has 0 atom stereocenters. The van der Waals surface area contributed by atoms with Crippen LogP contribution in [0.5, 0.6) is 0 Å². The van der Waals surface area contributed by atoms with E-state index < -0.39 is 10.4 Å². The van der Waals surface area contributed by atoms with Gasteiger partial charge in [0.15, 0.2) is 0 Å². The second-order valence-corrected chi connectivity index (χ2v) is 8.52. The van der Waals surface area contributed by atoms with Crippen molar-refractivity contribution < 1.29 is 22.3 Å². The topological polar surface area (TPSA) is 182 Å². The Labute approximate surface area is 204 Å². The summed E-state index contributed by atoms with van der Waals surface area (Å²) >= 11 is 9.11. The second-order valence-electron chi connectivity index (χ2n) is 6.62. The molecule has 0 unspecified atom stereocenters. The smallest absolute Gasteiger partial charge is 0.383 e. The second kappa shape index (κ2) is 11.9. The first kappa shape index (κ1) is 26.5. The third-order valence-corrected chi connectivity index (χ3v) is 4.93. The number of amides is 1. The minimum absolute atomic E-state index is 0.0905. The first-order chi connectivity index (χ1) is 15.5. The number of benzene rings is 2. The summed E-state index contributed by atoms with van der Waals surface area (Å²) in [4.78, 5) is 19.9. The van der Waals surface area contributed by atoms with Crippen molar-refractivity contribution in [3.8, 4) is 11.1 Å². The van der Waals surface area contributed by atoms with Crippen molar-refractivity contribution in [1.29, 1.82) is 0 Å². The van der Waals surface area contributed by atoms with Crippen LogP contribution in [0.2, 0.25) is 5.02 Å². The number of aryl methyl sites for hydroxylation is 2. The molecule has 0 saturated carbocycles. The van der Waals surface area contributed by atoms with Gasteiger partial charge in [0.1, 0.15) is 5.82 Å². The van der Waals surface area contributed by atoms with Crippen LogP contribution in [0.25, 0.3) is 11.1 Å². The van der Waals surface area contributed by atoms with E-state index >= 15 is 0 Å². The average Bonchev–Trinajstić information content (AvgIpc) is 2.72. The Kier molecular flexibility index (Phi) is 9.56. The molecule has 33 heavy (non-hydrogen) atoms. The number of nitrogen functional groups attached to an aromatic ring is 2. The van der Waals surface area contributed by atoms with Gasteiger partial charge in [-0.2, -0.15) is 13.4 Å². The van der Waals surface area contributed by atoms with E-state index in [1.165, 1.54) is 0 Å². The molecular weight excluding hydrogens is 538 g/mol. The number of carbonyl (C=O) groups excluding carboxylic acids is 1. The van der Waals surface area contributed by atoms with E-state index in [1.807, 2.05) is 36.4 Å². The van der Waals surface area contributed by atoms with Crippen LogP contribution in [0, 0.1) is 0 Å². The molecule has 0 radical (unpaired) electrons. The predicted molar refractivity (Wildman–Crippen MR) is 132 cm³/mol. The zero-order valence-electron chi connectivity index (χ0n) is 17.1. The van der Waals surface area contributed by atoms with Gasteiger partial charge in [-0.3, -0.25) is 13.9 Å². The highest BCUT2D eigenvalue weighted by Crippen LogP contribution is 2.30. The molecule has 0 bridgehead atoms. The summed E-state index contributed by atoms with van der Waals surface area (Å²) in [5.74, 6) is 0.406. The molecular formula is C20H21BrClN5O5S. The largest absolute Gasteiger partial charge is 0.394 e.